The molecule has 1 heterocycles. The van der Waals surface area contributed by atoms with E-state index < -0.39 is 5.54 Å². The summed E-state index contributed by atoms with van der Waals surface area (Å²) in [5.74, 6) is -0.410. The second-order valence-electron chi connectivity index (χ2n) is 5.02. The Kier molecular flexibility index (Phi) is 4.94. The molecule has 0 spiro atoms. The average Bonchev–Trinajstić information content (AvgIpc) is 2.66. The minimum atomic E-state index is -0.514. The monoisotopic (exact) mass is 286 g/mol. The number of carbonyl (C=O) groups is 2. The Balaban J connectivity index is 2.65. The molecule has 3 N–H and O–H groups in total. The van der Waals surface area contributed by atoms with Crippen molar-refractivity contribution in [1.82, 2.24) is 20.8 Å². The second kappa shape index (κ2) is 6.06. The molecule has 0 fully saturated rings. The maximum Gasteiger partial charge on any atom is 0.273 e. The highest BCUT2D eigenvalue weighted by atomic mass is 35.5. The first-order valence-electron chi connectivity index (χ1n) is 6.00. The molecule has 6 nitrogen and oxygen atoms in total. The van der Waals surface area contributed by atoms with Gasteiger partial charge in [0.05, 0.1) is 10.7 Å². The highest BCUT2D eigenvalue weighted by Gasteiger charge is 2.25. The maximum atomic E-state index is 12.0. The standard InChI is InChI=1S/C12H19ClN4O2/c1-7-9(13)10(17-16-7)11(19)15-12(2,3)6-5-8(18)14-4/h5-6H2,1-4H3,(H,14,18)(H,15,19)(H,16,17). The van der Waals surface area contributed by atoms with E-state index in [1.165, 1.54) is 0 Å². The zero-order valence-electron chi connectivity index (χ0n) is 11.6. The summed E-state index contributed by atoms with van der Waals surface area (Å²) in [5, 5.41) is 12.2. The fraction of sp³-hybridized carbons (Fsp3) is 0.583. The van der Waals surface area contributed by atoms with E-state index >= 15 is 0 Å². The third kappa shape index (κ3) is 4.24. The Morgan fingerprint density at radius 2 is 2.05 bits per heavy atom. The van der Waals surface area contributed by atoms with Gasteiger partial charge in [-0.3, -0.25) is 14.7 Å². The fourth-order valence-corrected chi connectivity index (χ4v) is 1.72. The van der Waals surface area contributed by atoms with Crippen LogP contribution in [0.3, 0.4) is 0 Å². The van der Waals surface area contributed by atoms with E-state index in [4.69, 9.17) is 11.6 Å². The van der Waals surface area contributed by atoms with Crippen molar-refractivity contribution in [1.29, 1.82) is 0 Å². The molecule has 19 heavy (non-hydrogen) atoms. The molecule has 2 amide bonds. The summed E-state index contributed by atoms with van der Waals surface area (Å²) in [6.07, 6.45) is 0.872. The van der Waals surface area contributed by atoms with Crippen LogP contribution in [0.4, 0.5) is 0 Å². The molecule has 106 valence electrons. The zero-order valence-corrected chi connectivity index (χ0v) is 12.3. The number of halogens is 1. The number of carbonyl (C=O) groups excluding carboxylic acids is 2. The molecule has 7 heteroatoms. The number of aromatic amines is 1. The number of nitrogens with one attached hydrogen (secondary N) is 3. The van der Waals surface area contributed by atoms with Crippen LogP contribution in [-0.4, -0.2) is 34.6 Å². The van der Waals surface area contributed by atoms with E-state index in [2.05, 4.69) is 20.8 Å². The van der Waals surface area contributed by atoms with Crippen molar-refractivity contribution < 1.29 is 9.59 Å². The molecule has 0 aromatic carbocycles. The Morgan fingerprint density at radius 1 is 1.42 bits per heavy atom. The summed E-state index contributed by atoms with van der Waals surface area (Å²) >= 11 is 5.96. The molecule has 0 saturated carbocycles. The van der Waals surface area contributed by atoms with E-state index in [-0.39, 0.29) is 17.5 Å². The number of aryl methyl sites for hydroxylation is 1. The van der Waals surface area contributed by atoms with E-state index in [1.54, 1.807) is 14.0 Å². The summed E-state index contributed by atoms with van der Waals surface area (Å²) in [5.41, 5.74) is 0.307. The van der Waals surface area contributed by atoms with Crippen LogP contribution in [0.2, 0.25) is 5.02 Å². The molecule has 0 bridgehead atoms. The first kappa shape index (κ1) is 15.5. The molecule has 0 aliphatic carbocycles. The van der Waals surface area contributed by atoms with Crippen LogP contribution in [0, 0.1) is 6.92 Å². The minimum Gasteiger partial charge on any atom is -0.359 e. The quantitative estimate of drug-likeness (QED) is 0.765. The van der Waals surface area contributed by atoms with E-state index in [1.807, 2.05) is 13.8 Å². The molecule has 1 aromatic heterocycles. The number of rotatable bonds is 5. The molecular formula is C12H19ClN4O2. The fourth-order valence-electron chi connectivity index (χ4n) is 1.55. The highest BCUT2D eigenvalue weighted by molar-refractivity contribution is 6.34. The summed E-state index contributed by atoms with van der Waals surface area (Å²) in [4.78, 5) is 23.2. The molecule has 0 radical (unpaired) electrons. The number of aromatic nitrogens is 2. The van der Waals surface area contributed by atoms with Crippen LogP contribution in [0.15, 0.2) is 0 Å². The molecule has 1 rings (SSSR count). The van der Waals surface area contributed by atoms with Crippen LogP contribution >= 0.6 is 11.6 Å². The van der Waals surface area contributed by atoms with Crippen LogP contribution < -0.4 is 10.6 Å². The highest BCUT2D eigenvalue weighted by Crippen LogP contribution is 2.19. The third-order valence-corrected chi connectivity index (χ3v) is 3.26. The number of amides is 2. The molecule has 0 aliphatic heterocycles. The molecule has 0 atom stereocenters. The topological polar surface area (TPSA) is 86.9 Å². The lowest BCUT2D eigenvalue weighted by molar-refractivity contribution is -0.121. The summed E-state index contributed by atoms with van der Waals surface area (Å²) < 4.78 is 0. The van der Waals surface area contributed by atoms with Crippen molar-refractivity contribution in [2.24, 2.45) is 0 Å². The number of hydrogen-bond acceptors (Lipinski definition) is 3. The van der Waals surface area contributed by atoms with Gasteiger partial charge in [-0.2, -0.15) is 5.10 Å². The Hall–Kier alpha value is -1.56. The van der Waals surface area contributed by atoms with Gasteiger partial charge < -0.3 is 10.6 Å². The van der Waals surface area contributed by atoms with Gasteiger partial charge in [0.2, 0.25) is 5.91 Å². The predicted octanol–water partition coefficient (Wildman–Crippen LogP) is 1.41. The van der Waals surface area contributed by atoms with Crippen molar-refractivity contribution in [2.45, 2.75) is 39.2 Å². The summed E-state index contributed by atoms with van der Waals surface area (Å²) in [6, 6.07) is 0. The SMILES string of the molecule is CNC(=O)CCC(C)(C)NC(=O)c1n[nH]c(C)c1Cl. The molecule has 0 aliphatic rings. The van der Waals surface area contributed by atoms with Gasteiger partial charge in [-0.15, -0.1) is 0 Å². The lowest BCUT2D eigenvalue weighted by atomic mass is 9.98. The van der Waals surface area contributed by atoms with Gasteiger partial charge >= 0.3 is 0 Å². The Labute approximate surface area is 117 Å². The molecular weight excluding hydrogens is 268 g/mol. The van der Waals surface area contributed by atoms with E-state index in [9.17, 15) is 9.59 Å². The van der Waals surface area contributed by atoms with Crippen LogP contribution in [0.25, 0.3) is 0 Å². The van der Waals surface area contributed by atoms with Gasteiger partial charge in [-0.05, 0) is 27.2 Å². The second-order valence-corrected chi connectivity index (χ2v) is 5.40. The Morgan fingerprint density at radius 3 is 2.53 bits per heavy atom. The van der Waals surface area contributed by atoms with Crippen molar-refractivity contribution in [3.63, 3.8) is 0 Å². The normalized spacial score (nSPS) is 11.2. The van der Waals surface area contributed by atoms with Gasteiger partial charge in [0.1, 0.15) is 0 Å². The lowest BCUT2D eigenvalue weighted by Gasteiger charge is -2.25. The third-order valence-electron chi connectivity index (χ3n) is 2.80. The average molecular weight is 287 g/mol. The van der Waals surface area contributed by atoms with Gasteiger partial charge in [0, 0.05) is 19.0 Å². The molecule has 1 aromatic rings. The molecule has 0 unspecified atom stereocenters. The van der Waals surface area contributed by atoms with Gasteiger partial charge in [0.15, 0.2) is 5.69 Å². The minimum absolute atomic E-state index is 0.0593. The van der Waals surface area contributed by atoms with Gasteiger partial charge in [-0.1, -0.05) is 11.6 Å². The van der Waals surface area contributed by atoms with E-state index in [0.717, 1.165) is 0 Å². The summed E-state index contributed by atoms with van der Waals surface area (Å²) in [7, 11) is 1.58. The summed E-state index contributed by atoms with van der Waals surface area (Å²) in [6.45, 7) is 5.44. The lowest BCUT2D eigenvalue weighted by Crippen LogP contribution is -2.44. The number of hydrogen-bond donors (Lipinski definition) is 3. The van der Waals surface area contributed by atoms with Crippen molar-refractivity contribution >= 4 is 23.4 Å². The van der Waals surface area contributed by atoms with E-state index in [0.29, 0.717) is 23.6 Å². The van der Waals surface area contributed by atoms with Crippen LogP contribution in [0.1, 0.15) is 42.9 Å². The largest absolute Gasteiger partial charge is 0.359 e. The maximum absolute atomic E-state index is 12.0. The first-order chi connectivity index (χ1) is 8.76. The van der Waals surface area contributed by atoms with Crippen molar-refractivity contribution in [3.05, 3.63) is 16.4 Å². The smallest absolute Gasteiger partial charge is 0.273 e. The van der Waals surface area contributed by atoms with Gasteiger partial charge in [-0.25, -0.2) is 0 Å². The van der Waals surface area contributed by atoms with Gasteiger partial charge in [0.25, 0.3) is 5.91 Å². The van der Waals surface area contributed by atoms with Crippen molar-refractivity contribution in [2.75, 3.05) is 7.05 Å². The van der Waals surface area contributed by atoms with Crippen LogP contribution in [0.5, 0.6) is 0 Å². The predicted molar refractivity (Wildman–Crippen MR) is 73.2 cm³/mol. The molecule has 0 saturated heterocycles. The Bertz CT molecular complexity index is 482. The zero-order chi connectivity index (χ0) is 14.6. The van der Waals surface area contributed by atoms with Crippen molar-refractivity contribution in [3.8, 4) is 0 Å². The number of H-pyrrole nitrogens is 1. The first-order valence-corrected chi connectivity index (χ1v) is 6.38. The number of nitrogens with zero attached hydrogens (tertiary/aromatic N) is 1. The van der Waals surface area contributed by atoms with Crippen LogP contribution in [-0.2, 0) is 4.79 Å².